The van der Waals surface area contributed by atoms with Gasteiger partial charge < -0.3 is 14.6 Å². The second-order valence-electron chi connectivity index (χ2n) is 9.06. The maximum Gasteiger partial charge on any atom is 0.573 e. The fraction of sp³-hybridized carbons (Fsp3) is 0.259. The molecule has 5 nitrogen and oxygen atoms in total. The SMILES string of the molecule is Cc1ccc(C(=O)N2CCCC2(C)c2nc3ccc(OC(F)(F)F)cc3[nH]2)c(-c2ccccc2)c1. The van der Waals surface area contributed by atoms with E-state index in [1.165, 1.54) is 18.2 Å². The van der Waals surface area contributed by atoms with Crippen LogP contribution in [-0.2, 0) is 5.54 Å². The highest BCUT2D eigenvalue weighted by Gasteiger charge is 2.44. The molecule has 0 bridgehead atoms. The lowest BCUT2D eigenvalue weighted by molar-refractivity contribution is -0.274. The van der Waals surface area contributed by atoms with Gasteiger partial charge in [-0.3, -0.25) is 4.79 Å². The third-order valence-electron chi connectivity index (χ3n) is 6.57. The van der Waals surface area contributed by atoms with E-state index in [0.717, 1.165) is 23.1 Å². The number of aromatic nitrogens is 2. The summed E-state index contributed by atoms with van der Waals surface area (Å²) in [6.45, 7) is 4.49. The van der Waals surface area contributed by atoms with Crippen molar-refractivity contribution in [2.45, 2.75) is 38.6 Å². The largest absolute Gasteiger partial charge is 0.573 e. The highest BCUT2D eigenvalue weighted by molar-refractivity contribution is 6.01. The van der Waals surface area contributed by atoms with Crippen molar-refractivity contribution in [1.29, 1.82) is 0 Å². The number of alkyl halides is 3. The van der Waals surface area contributed by atoms with Gasteiger partial charge in [0.05, 0.1) is 16.6 Å². The molecule has 1 unspecified atom stereocenters. The van der Waals surface area contributed by atoms with Crippen molar-refractivity contribution < 1.29 is 22.7 Å². The summed E-state index contributed by atoms with van der Waals surface area (Å²) >= 11 is 0. The van der Waals surface area contributed by atoms with Gasteiger partial charge in [0.15, 0.2) is 0 Å². The average molecular weight is 480 g/mol. The van der Waals surface area contributed by atoms with E-state index in [1.54, 1.807) is 0 Å². The van der Waals surface area contributed by atoms with E-state index in [-0.39, 0.29) is 11.7 Å². The van der Waals surface area contributed by atoms with Crippen molar-refractivity contribution in [1.82, 2.24) is 14.9 Å². The van der Waals surface area contributed by atoms with Crippen LogP contribution in [0.4, 0.5) is 13.2 Å². The van der Waals surface area contributed by atoms with Gasteiger partial charge in [0.2, 0.25) is 0 Å². The molecule has 1 atom stereocenters. The van der Waals surface area contributed by atoms with E-state index in [1.807, 2.05) is 67.3 Å². The van der Waals surface area contributed by atoms with Gasteiger partial charge in [-0.25, -0.2) is 4.98 Å². The molecule has 1 aliphatic heterocycles. The predicted octanol–water partition coefficient (Wildman–Crippen LogP) is 6.59. The number of likely N-dealkylation sites (tertiary alicyclic amines) is 1. The van der Waals surface area contributed by atoms with Gasteiger partial charge in [-0.05, 0) is 56.0 Å². The number of H-pyrrole nitrogens is 1. The van der Waals surface area contributed by atoms with Gasteiger partial charge in [0.1, 0.15) is 11.6 Å². The van der Waals surface area contributed by atoms with Crippen LogP contribution in [0, 0.1) is 6.92 Å². The van der Waals surface area contributed by atoms with Crippen molar-refractivity contribution >= 4 is 16.9 Å². The van der Waals surface area contributed by atoms with Gasteiger partial charge in [0.25, 0.3) is 5.91 Å². The minimum absolute atomic E-state index is 0.106. The standard InChI is InChI=1S/C27H24F3N3O2/c1-17-9-11-20(21(15-17)18-7-4-3-5-8-18)24(34)33-14-6-13-26(33,2)25-31-22-12-10-19(16-23(22)32-25)35-27(28,29)30/h3-5,7-12,15-16H,6,13-14H2,1-2H3,(H,31,32). The second-order valence-corrected chi connectivity index (χ2v) is 9.06. The number of nitrogens with one attached hydrogen (secondary N) is 1. The van der Waals surface area contributed by atoms with E-state index in [4.69, 9.17) is 0 Å². The Labute approximate surface area is 200 Å². The van der Waals surface area contributed by atoms with Gasteiger partial charge in [-0.2, -0.15) is 0 Å². The Hall–Kier alpha value is -3.81. The number of hydrogen-bond donors (Lipinski definition) is 1. The number of aryl methyl sites for hydroxylation is 1. The molecule has 0 radical (unpaired) electrons. The fourth-order valence-corrected chi connectivity index (χ4v) is 4.82. The summed E-state index contributed by atoms with van der Waals surface area (Å²) in [5.41, 5.74) is 3.67. The third-order valence-corrected chi connectivity index (χ3v) is 6.57. The van der Waals surface area contributed by atoms with E-state index >= 15 is 0 Å². The van der Waals surface area contributed by atoms with Crippen molar-refractivity contribution in [2.75, 3.05) is 6.54 Å². The highest BCUT2D eigenvalue weighted by atomic mass is 19.4. The lowest BCUT2D eigenvalue weighted by Crippen LogP contribution is -2.43. The van der Waals surface area contributed by atoms with Gasteiger partial charge in [0, 0.05) is 18.2 Å². The molecule has 180 valence electrons. The summed E-state index contributed by atoms with van der Waals surface area (Å²) in [6, 6.07) is 19.6. The Morgan fingerprint density at radius 1 is 1.09 bits per heavy atom. The molecule has 1 fully saturated rings. The van der Waals surface area contributed by atoms with Crippen LogP contribution in [0.15, 0.2) is 66.7 Å². The monoisotopic (exact) mass is 479 g/mol. The number of amides is 1. The molecular formula is C27H24F3N3O2. The number of benzene rings is 3. The first-order chi connectivity index (χ1) is 16.6. The zero-order valence-corrected chi connectivity index (χ0v) is 19.3. The number of rotatable bonds is 4. The molecular weight excluding hydrogens is 455 g/mol. The lowest BCUT2D eigenvalue weighted by atomic mass is 9.94. The first-order valence-electron chi connectivity index (χ1n) is 11.4. The van der Waals surface area contributed by atoms with Crippen LogP contribution in [-0.4, -0.2) is 33.7 Å². The summed E-state index contributed by atoms with van der Waals surface area (Å²) in [7, 11) is 0. The van der Waals surface area contributed by atoms with Gasteiger partial charge >= 0.3 is 6.36 Å². The van der Waals surface area contributed by atoms with E-state index in [9.17, 15) is 18.0 Å². The number of carbonyl (C=O) groups is 1. The normalized spacial score (nSPS) is 18.3. The van der Waals surface area contributed by atoms with E-state index in [0.29, 0.717) is 35.4 Å². The first-order valence-corrected chi connectivity index (χ1v) is 11.4. The molecule has 1 aliphatic rings. The lowest BCUT2D eigenvalue weighted by Gasteiger charge is -2.34. The quantitative estimate of drug-likeness (QED) is 0.359. The molecule has 1 amide bonds. The van der Waals surface area contributed by atoms with Crippen LogP contribution in [0.25, 0.3) is 22.2 Å². The number of aromatic amines is 1. The molecule has 5 rings (SSSR count). The summed E-state index contributed by atoms with van der Waals surface area (Å²) in [6.07, 6.45) is -3.31. The maximum atomic E-state index is 13.9. The third kappa shape index (κ3) is 4.36. The Morgan fingerprint density at radius 2 is 1.86 bits per heavy atom. The highest BCUT2D eigenvalue weighted by Crippen LogP contribution is 2.40. The van der Waals surface area contributed by atoms with E-state index in [2.05, 4.69) is 14.7 Å². The Morgan fingerprint density at radius 3 is 2.60 bits per heavy atom. The number of halogens is 3. The molecule has 0 saturated carbocycles. The van der Waals surface area contributed by atoms with Crippen molar-refractivity contribution in [3.63, 3.8) is 0 Å². The predicted molar refractivity (Wildman–Crippen MR) is 127 cm³/mol. The molecule has 1 saturated heterocycles. The number of carbonyl (C=O) groups excluding carboxylic acids is 1. The maximum absolute atomic E-state index is 13.9. The average Bonchev–Trinajstić information content (AvgIpc) is 3.42. The molecule has 4 aromatic rings. The van der Waals surface area contributed by atoms with Crippen LogP contribution in [0.2, 0.25) is 0 Å². The van der Waals surface area contributed by atoms with Crippen LogP contribution in [0.3, 0.4) is 0 Å². The summed E-state index contributed by atoms with van der Waals surface area (Å²) in [5, 5.41) is 0. The zero-order chi connectivity index (χ0) is 24.8. The molecule has 3 aromatic carbocycles. The fourth-order valence-electron chi connectivity index (χ4n) is 4.82. The second kappa shape index (κ2) is 8.45. The van der Waals surface area contributed by atoms with Gasteiger partial charge in [-0.15, -0.1) is 13.2 Å². The smallest absolute Gasteiger partial charge is 0.406 e. The van der Waals surface area contributed by atoms with Crippen molar-refractivity contribution in [2.24, 2.45) is 0 Å². The number of ether oxygens (including phenoxy) is 1. The van der Waals surface area contributed by atoms with Crippen LogP contribution < -0.4 is 4.74 Å². The number of hydrogen-bond acceptors (Lipinski definition) is 3. The summed E-state index contributed by atoms with van der Waals surface area (Å²) in [5.74, 6) is 0.109. The molecule has 1 aromatic heterocycles. The molecule has 35 heavy (non-hydrogen) atoms. The Balaban J connectivity index is 1.52. The number of nitrogens with zero attached hydrogens (tertiary/aromatic N) is 2. The molecule has 2 heterocycles. The molecule has 8 heteroatoms. The number of imidazole rings is 1. The topological polar surface area (TPSA) is 58.2 Å². The molecule has 1 N–H and O–H groups in total. The first kappa shape index (κ1) is 23.0. The minimum atomic E-state index is -4.78. The number of fused-ring (bicyclic) bond motifs is 1. The van der Waals surface area contributed by atoms with Crippen LogP contribution in [0.1, 0.15) is 41.5 Å². The Kier molecular flexibility index (Phi) is 5.54. The summed E-state index contributed by atoms with van der Waals surface area (Å²) in [4.78, 5) is 23.5. The zero-order valence-electron chi connectivity index (χ0n) is 19.3. The van der Waals surface area contributed by atoms with Crippen LogP contribution in [0.5, 0.6) is 5.75 Å². The minimum Gasteiger partial charge on any atom is -0.406 e. The molecule has 0 aliphatic carbocycles. The summed E-state index contributed by atoms with van der Waals surface area (Å²) < 4.78 is 42.0. The van der Waals surface area contributed by atoms with Crippen molar-refractivity contribution in [3.8, 4) is 16.9 Å². The Bertz CT molecular complexity index is 1400. The van der Waals surface area contributed by atoms with E-state index < -0.39 is 11.9 Å². The molecule has 0 spiro atoms. The van der Waals surface area contributed by atoms with Gasteiger partial charge in [-0.1, -0.05) is 48.0 Å². The van der Waals surface area contributed by atoms with Crippen molar-refractivity contribution in [3.05, 3.63) is 83.7 Å². The van der Waals surface area contributed by atoms with Crippen LogP contribution >= 0.6 is 0 Å².